The molecule has 0 aliphatic heterocycles. The second-order valence-corrected chi connectivity index (χ2v) is 5.07. The number of carbonyl (C=O) groups is 1. The number of aryl methyl sites for hydroxylation is 1. The van der Waals surface area contributed by atoms with Gasteiger partial charge in [0.25, 0.3) is 0 Å². The molecule has 0 fully saturated rings. The van der Waals surface area contributed by atoms with Crippen LogP contribution in [-0.4, -0.2) is 37.3 Å². The van der Waals surface area contributed by atoms with Crippen molar-refractivity contribution in [3.05, 3.63) is 12.4 Å². The van der Waals surface area contributed by atoms with Crippen LogP contribution in [-0.2, 0) is 26.6 Å². The normalized spacial score (nSPS) is 11.4. The summed E-state index contributed by atoms with van der Waals surface area (Å²) in [5.74, 6) is -0.429. The third-order valence-corrected chi connectivity index (χ3v) is 3.33. The smallest absolute Gasteiger partial charge is 0.307 e. The zero-order valence-electron chi connectivity index (χ0n) is 9.71. The summed E-state index contributed by atoms with van der Waals surface area (Å²) in [5.41, 5.74) is 0. The van der Waals surface area contributed by atoms with Gasteiger partial charge in [-0.1, -0.05) is 0 Å². The minimum absolute atomic E-state index is 0.00727. The summed E-state index contributed by atoms with van der Waals surface area (Å²) in [7, 11) is -1.97. The van der Waals surface area contributed by atoms with Crippen molar-refractivity contribution in [1.29, 1.82) is 0 Å². The molecule has 0 aliphatic rings. The van der Waals surface area contributed by atoms with Gasteiger partial charge in [-0.3, -0.25) is 9.48 Å². The lowest BCUT2D eigenvalue weighted by atomic mass is 10.4. The van der Waals surface area contributed by atoms with Gasteiger partial charge in [0.15, 0.2) is 0 Å². The molecule has 1 N–H and O–H groups in total. The van der Waals surface area contributed by atoms with Crippen molar-refractivity contribution in [1.82, 2.24) is 14.5 Å². The van der Waals surface area contributed by atoms with Crippen LogP contribution < -0.4 is 4.72 Å². The number of hydrogen-bond donors (Lipinski definition) is 1. The fourth-order valence-electron chi connectivity index (χ4n) is 1.14. The van der Waals surface area contributed by atoms with Gasteiger partial charge >= 0.3 is 5.97 Å². The summed E-state index contributed by atoms with van der Waals surface area (Å²) in [4.78, 5) is 11.1. The Bertz CT molecular complexity index is 480. The zero-order valence-corrected chi connectivity index (χ0v) is 10.5. The number of esters is 1. The fraction of sp³-hybridized carbons (Fsp3) is 0.556. The molecule has 96 valence electrons. The molecule has 1 rings (SSSR count). The minimum Gasteiger partial charge on any atom is -0.466 e. The summed E-state index contributed by atoms with van der Waals surface area (Å²) in [6.07, 6.45) is 2.63. The largest absolute Gasteiger partial charge is 0.466 e. The Balaban J connectivity index is 2.49. The van der Waals surface area contributed by atoms with Crippen LogP contribution in [0.2, 0.25) is 0 Å². The Morgan fingerprint density at radius 1 is 1.59 bits per heavy atom. The number of rotatable bonds is 6. The molecule has 0 amide bonds. The third-order valence-electron chi connectivity index (χ3n) is 1.92. The maximum atomic E-state index is 11.7. The second-order valence-electron chi connectivity index (χ2n) is 3.30. The summed E-state index contributed by atoms with van der Waals surface area (Å²) in [6.45, 7) is 1.99. The maximum absolute atomic E-state index is 11.7. The second kappa shape index (κ2) is 5.78. The highest BCUT2D eigenvalue weighted by Crippen LogP contribution is 2.05. The number of carbonyl (C=O) groups excluding carboxylic acids is 1. The van der Waals surface area contributed by atoms with Crippen molar-refractivity contribution in [2.45, 2.75) is 18.2 Å². The molecule has 17 heavy (non-hydrogen) atoms. The van der Waals surface area contributed by atoms with Gasteiger partial charge in [0.2, 0.25) is 10.0 Å². The number of nitrogens with one attached hydrogen (secondary N) is 1. The molecule has 0 saturated heterocycles. The fourth-order valence-corrected chi connectivity index (χ4v) is 2.16. The maximum Gasteiger partial charge on any atom is 0.307 e. The molecule has 1 aromatic heterocycles. The molecule has 0 spiro atoms. The number of ether oxygens (including phenoxy) is 1. The molecular formula is C9H15N3O4S. The first-order chi connectivity index (χ1) is 7.95. The van der Waals surface area contributed by atoms with E-state index in [0.717, 1.165) is 0 Å². The summed E-state index contributed by atoms with van der Waals surface area (Å²) in [5, 5.41) is 3.76. The number of nitrogens with zero attached hydrogens (tertiary/aromatic N) is 2. The highest BCUT2D eigenvalue weighted by molar-refractivity contribution is 7.89. The van der Waals surface area contributed by atoms with E-state index in [0.29, 0.717) is 0 Å². The van der Waals surface area contributed by atoms with Crippen LogP contribution in [0.5, 0.6) is 0 Å². The lowest BCUT2D eigenvalue weighted by Gasteiger charge is -2.04. The monoisotopic (exact) mass is 261 g/mol. The summed E-state index contributed by atoms with van der Waals surface area (Å²) < 4.78 is 31.7. The van der Waals surface area contributed by atoms with Crippen LogP contribution in [0.1, 0.15) is 13.3 Å². The lowest BCUT2D eigenvalue weighted by Crippen LogP contribution is -2.26. The molecule has 0 aliphatic carbocycles. The van der Waals surface area contributed by atoms with Crippen LogP contribution in [0.25, 0.3) is 0 Å². The molecule has 0 bridgehead atoms. The molecule has 0 saturated carbocycles. The van der Waals surface area contributed by atoms with E-state index in [-0.39, 0.29) is 24.5 Å². The van der Waals surface area contributed by atoms with Gasteiger partial charge in [0.1, 0.15) is 4.90 Å². The van der Waals surface area contributed by atoms with Gasteiger partial charge < -0.3 is 4.74 Å². The van der Waals surface area contributed by atoms with Crippen molar-refractivity contribution in [3.63, 3.8) is 0 Å². The molecule has 8 heteroatoms. The Labute approximate surface area is 99.8 Å². The Morgan fingerprint density at radius 2 is 2.29 bits per heavy atom. The van der Waals surface area contributed by atoms with Gasteiger partial charge in [-0.05, 0) is 6.92 Å². The quantitative estimate of drug-likeness (QED) is 0.707. The van der Waals surface area contributed by atoms with E-state index >= 15 is 0 Å². The van der Waals surface area contributed by atoms with E-state index in [4.69, 9.17) is 0 Å². The lowest BCUT2D eigenvalue weighted by molar-refractivity contribution is -0.142. The Morgan fingerprint density at radius 3 is 2.82 bits per heavy atom. The topological polar surface area (TPSA) is 90.3 Å². The van der Waals surface area contributed by atoms with E-state index in [9.17, 15) is 13.2 Å². The Kier molecular flexibility index (Phi) is 4.64. The minimum atomic E-state index is -3.59. The number of sulfonamides is 1. The van der Waals surface area contributed by atoms with Crippen molar-refractivity contribution >= 4 is 16.0 Å². The average molecular weight is 261 g/mol. The zero-order chi connectivity index (χ0) is 12.9. The van der Waals surface area contributed by atoms with Crippen LogP contribution >= 0.6 is 0 Å². The molecule has 0 radical (unpaired) electrons. The molecule has 7 nitrogen and oxygen atoms in total. The highest BCUT2D eigenvalue weighted by Gasteiger charge is 2.15. The molecule has 1 heterocycles. The van der Waals surface area contributed by atoms with Crippen LogP contribution in [0.4, 0.5) is 0 Å². The van der Waals surface area contributed by atoms with E-state index < -0.39 is 16.0 Å². The van der Waals surface area contributed by atoms with Crippen molar-refractivity contribution in [2.24, 2.45) is 7.05 Å². The van der Waals surface area contributed by atoms with E-state index in [1.165, 1.54) is 17.1 Å². The summed E-state index contributed by atoms with van der Waals surface area (Å²) >= 11 is 0. The first-order valence-electron chi connectivity index (χ1n) is 5.09. The molecule has 0 atom stereocenters. The highest BCUT2D eigenvalue weighted by atomic mass is 32.2. The van der Waals surface area contributed by atoms with Crippen molar-refractivity contribution < 1.29 is 17.9 Å². The number of hydrogen-bond acceptors (Lipinski definition) is 5. The van der Waals surface area contributed by atoms with E-state index in [1.807, 2.05) is 0 Å². The average Bonchev–Trinajstić information content (AvgIpc) is 2.65. The Hall–Kier alpha value is -1.41. The number of aromatic nitrogens is 2. The SMILES string of the molecule is CCOC(=O)CCNS(=O)(=O)c1cnn(C)c1. The van der Waals surface area contributed by atoms with Gasteiger partial charge in [0, 0.05) is 19.8 Å². The predicted molar refractivity (Wildman–Crippen MR) is 59.6 cm³/mol. The van der Waals surface area contributed by atoms with Crippen molar-refractivity contribution in [2.75, 3.05) is 13.2 Å². The molecular weight excluding hydrogens is 246 g/mol. The molecule has 0 aromatic carbocycles. The van der Waals surface area contributed by atoms with Crippen LogP contribution in [0, 0.1) is 0 Å². The van der Waals surface area contributed by atoms with Crippen LogP contribution in [0.3, 0.4) is 0 Å². The molecule has 1 aromatic rings. The predicted octanol–water partition coefficient (Wildman–Crippen LogP) is -0.348. The first kappa shape index (κ1) is 13.7. The van der Waals surface area contributed by atoms with E-state index in [2.05, 4.69) is 14.6 Å². The van der Waals surface area contributed by atoms with Gasteiger partial charge in [-0.2, -0.15) is 5.10 Å². The third kappa shape index (κ3) is 4.16. The standard InChI is InChI=1S/C9H15N3O4S/c1-3-16-9(13)4-5-11-17(14,15)8-6-10-12(2)7-8/h6-7,11H,3-5H2,1-2H3. The van der Waals surface area contributed by atoms with Gasteiger partial charge in [-0.25, -0.2) is 13.1 Å². The van der Waals surface area contributed by atoms with E-state index in [1.54, 1.807) is 14.0 Å². The van der Waals surface area contributed by atoms with Crippen molar-refractivity contribution in [3.8, 4) is 0 Å². The summed E-state index contributed by atoms with van der Waals surface area (Å²) in [6, 6.07) is 0. The van der Waals surface area contributed by atoms with Gasteiger partial charge in [-0.15, -0.1) is 0 Å². The first-order valence-corrected chi connectivity index (χ1v) is 6.58. The molecule has 0 unspecified atom stereocenters. The van der Waals surface area contributed by atoms with Gasteiger partial charge in [0.05, 0.1) is 19.2 Å². The van der Waals surface area contributed by atoms with Crippen LogP contribution in [0.15, 0.2) is 17.3 Å².